The molecule has 2 N–H and O–H groups in total. The van der Waals surface area contributed by atoms with E-state index in [9.17, 15) is 0 Å². The number of aromatic hydroxyl groups is 2. The molecule has 0 fully saturated rings. The topological polar surface area (TPSA) is 40.5 Å². The molecular weight excluding hydrogens is 426 g/mol. The maximum atomic E-state index is 8.93. The van der Waals surface area contributed by atoms with Gasteiger partial charge >= 0.3 is 26.2 Å². The van der Waals surface area contributed by atoms with Crippen LogP contribution in [0.25, 0.3) is 0 Å². The molecular formula is C14H16Cl2O2S2Zr. The van der Waals surface area contributed by atoms with Crippen molar-refractivity contribution in [2.45, 2.75) is 9.79 Å². The summed E-state index contributed by atoms with van der Waals surface area (Å²) in [6.07, 6.45) is 3.96. The van der Waals surface area contributed by atoms with Gasteiger partial charge in [-0.1, -0.05) is 12.1 Å². The average molecular weight is 443 g/mol. The van der Waals surface area contributed by atoms with Crippen molar-refractivity contribution >= 4 is 23.5 Å². The van der Waals surface area contributed by atoms with Crippen LogP contribution in [0.3, 0.4) is 0 Å². The number of phenolic OH excluding ortho intramolecular Hbond substituents is 2. The van der Waals surface area contributed by atoms with Gasteiger partial charge in [0.05, 0.1) is 0 Å². The first-order valence-electron chi connectivity index (χ1n) is 5.31. The third-order valence-electron chi connectivity index (χ3n) is 2.11. The van der Waals surface area contributed by atoms with E-state index < -0.39 is 0 Å². The van der Waals surface area contributed by atoms with E-state index in [0.717, 1.165) is 9.79 Å². The predicted molar refractivity (Wildman–Crippen MR) is 79.8 cm³/mol. The van der Waals surface area contributed by atoms with Crippen LogP contribution in [-0.2, 0) is 26.2 Å². The molecule has 21 heavy (non-hydrogen) atoms. The Kier molecular flexibility index (Phi) is 18.8. The minimum atomic E-state index is 0. The number of thioether (sulfide) groups is 2. The molecule has 0 spiro atoms. The van der Waals surface area contributed by atoms with Crippen molar-refractivity contribution in [3.8, 4) is 11.5 Å². The quantitative estimate of drug-likeness (QED) is 0.541. The Balaban J connectivity index is -0.000000270. The van der Waals surface area contributed by atoms with E-state index >= 15 is 0 Å². The van der Waals surface area contributed by atoms with E-state index in [1.54, 1.807) is 47.8 Å². The zero-order valence-electron chi connectivity index (χ0n) is 11.6. The van der Waals surface area contributed by atoms with Gasteiger partial charge in [-0.15, -0.1) is 23.5 Å². The summed E-state index contributed by atoms with van der Waals surface area (Å²) in [7, 11) is 0. The van der Waals surface area contributed by atoms with Crippen LogP contribution < -0.4 is 24.8 Å². The Hall–Kier alpha value is 0.203. The van der Waals surface area contributed by atoms with Gasteiger partial charge in [0.15, 0.2) is 0 Å². The van der Waals surface area contributed by atoms with Crippen LogP contribution in [-0.4, -0.2) is 22.7 Å². The smallest absolute Gasteiger partial charge is 1.00 e. The molecule has 2 nitrogen and oxygen atoms in total. The molecule has 0 heterocycles. The Morgan fingerprint density at radius 3 is 1.24 bits per heavy atom. The second-order valence-corrected chi connectivity index (χ2v) is 5.16. The van der Waals surface area contributed by atoms with E-state index in [0.29, 0.717) is 11.5 Å². The van der Waals surface area contributed by atoms with Gasteiger partial charge in [0.2, 0.25) is 0 Å². The first-order chi connectivity index (χ1) is 8.65. The van der Waals surface area contributed by atoms with E-state index in [4.69, 9.17) is 10.2 Å². The Bertz CT molecular complexity index is 456. The summed E-state index contributed by atoms with van der Waals surface area (Å²) < 4.78 is 0. The first kappa shape index (κ1) is 26.1. The van der Waals surface area contributed by atoms with E-state index in [-0.39, 0.29) is 51.0 Å². The number of hydrogen-bond acceptors (Lipinski definition) is 4. The number of halogens is 2. The summed E-state index contributed by atoms with van der Waals surface area (Å²) in [5, 5.41) is 17.9. The van der Waals surface area contributed by atoms with Gasteiger partial charge in [-0.25, -0.2) is 0 Å². The van der Waals surface area contributed by atoms with Crippen molar-refractivity contribution in [2.24, 2.45) is 0 Å². The molecule has 2 aromatic rings. The van der Waals surface area contributed by atoms with E-state index in [2.05, 4.69) is 0 Å². The molecule has 0 aliphatic carbocycles. The Labute approximate surface area is 166 Å². The van der Waals surface area contributed by atoms with Gasteiger partial charge in [0, 0.05) is 9.79 Å². The minimum absolute atomic E-state index is 0. The fourth-order valence-electron chi connectivity index (χ4n) is 1.22. The van der Waals surface area contributed by atoms with Crippen LogP contribution in [0.5, 0.6) is 11.5 Å². The van der Waals surface area contributed by atoms with E-state index in [1.807, 2.05) is 36.8 Å². The van der Waals surface area contributed by atoms with Crippen LogP contribution in [0, 0.1) is 0 Å². The normalized spacial score (nSPS) is 8.10. The van der Waals surface area contributed by atoms with Crippen molar-refractivity contribution in [3.63, 3.8) is 0 Å². The summed E-state index contributed by atoms with van der Waals surface area (Å²) in [4.78, 5) is 2.19. The van der Waals surface area contributed by atoms with Crippen molar-refractivity contribution in [2.75, 3.05) is 12.5 Å². The maximum absolute atomic E-state index is 8.93. The molecule has 0 aliphatic rings. The number of phenols is 2. The molecule has 0 aromatic heterocycles. The second-order valence-electron chi connectivity index (χ2n) is 3.40. The average Bonchev–Trinajstić information content (AvgIpc) is 2.39. The maximum Gasteiger partial charge on any atom is 2.00 e. The van der Waals surface area contributed by atoms with Crippen molar-refractivity contribution in [3.05, 3.63) is 48.5 Å². The molecule has 2 aromatic carbocycles. The third-order valence-corrected chi connectivity index (χ3v) is 3.56. The van der Waals surface area contributed by atoms with Crippen LogP contribution >= 0.6 is 23.5 Å². The standard InChI is InChI=1S/2C7H8OS.2ClH.Zr/c2*1-9-7-4-2-3-6(8)5-7;;;/h2*2-5,8H,1H3;2*1H;/q;;;;+2/p-2. The molecule has 0 unspecified atom stereocenters. The van der Waals surface area contributed by atoms with Crippen LogP contribution in [0.4, 0.5) is 0 Å². The Morgan fingerprint density at radius 2 is 1.05 bits per heavy atom. The van der Waals surface area contributed by atoms with Gasteiger partial charge in [0.1, 0.15) is 11.5 Å². The second kappa shape index (κ2) is 15.1. The molecule has 0 saturated heterocycles. The predicted octanol–water partition coefficient (Wildman–Crippen LogP) is -1.77. The monoisotopic (exact) mass is 440 g/mol. The zero-order valence-corrected chi connectivity index (χ0v) is 17.2. The molecule has 7 heteroatoms. The number of benzene rings is 2. The Morgan fingerprint density at radius 1 is 0.714 bits per heavy atom. The largest absolute Gasteiger partial charge is 2.00 e. The van der Waals surface area contributed by atoms with Gasteiger partial charge < -0.3 is 35.0 Å². The minimum Gasteiger partial charge on any atom is -1.00 e. The van der Waals surface area contributed by atoms with Crippen LogP contribution in [0.15, 0.2) is 58.3 Å². The van der Waals surface area contributed by atoms with Gasteiger partial charge in [-0.05, 0) is 48.9 Å². The molecule has 2 rings (SSSR count). The molecule has 114 valence electrons. The zero-order chi connectivity index (χ0) is 13.4. The number of hydrogen-bond donors (Lipinski definition) is 2. The molecule has 0 amide bonds. The molecule has 0 atom stereocenters. The van der Waals surface area contributed by atoms with Crippen molar-refractivity contribution in [1.82, 2.24) is 0 Å². The summed E-state index contributed by atoms with van der Waals surface area (Å²) >= 11 is 3.25. The van der Waals surface area contributed by atoms with Crippen molar-refractivity contribution in [1.29, 1.82) is 0 Å². The summed E-state index contributed by atoms with van der Waals surface area (Å²) in [6, 6.07) is 14.4. The molecule has 0 bridgehead atoms. The number of rotatable bonds is 2. The van der Waals surface area contributed by atoms with Crippen molar-refractivity contribution < 1.29 is 61.2 Å². The van der Waals surface area contributed by atoms with Crippen LogP contribution in [0.2, 0.25) is 0 Å². The first-order valence-corrected chi connectivity index (χ1v) is 7.76. The van der Waals surface area contributed by atoms with Gasteiger partial charge in [-0.3, -0.25) is 0 Å². The molecule has 0 radical (unpaired) electrons. The van der Waals surface area contributed by atoms with Crippen LogP contribution in [0.1, 0.15) is 0 Å². The van der Waals surface area contributed by atoms with Gasteiger partial charge in [0.25, 0.3) is 0 Å². The summed E-state index contributed by atoms with van der Waals surface area (Å²) in [5.41, 5.74) is 0. The molecule has 0 saturated carbocycles. The third kappa shape index (κ3) is 11.4. The summed E-state index contributed by atoms with van der Waals surface area (Å²) in [5.74, 6) is 0.670. The fraction of sp³-hybridized carbons (Fsp3) is 0.143. The van der Waals surface area contributed by atoms with E-state index in [1.165, 1.54) is 0 Å². The summed E-state index contributed by atoms with van der Waals surface area (Å²) in [6.45, 7) is 0. The van der Waals surface area contributed by atoms with Gasteiger partial charge in [-0.2, -0.15) is 0 Å². The SMILES string of the molecule is CSc1cccc(O)c1.CSc1cccc(O)c1.[Cl-].[Cl-].[Zr+2]. The fourth-order valence-corrected chi connectivity index (χ4v) is 2.13. The molecule has 0 aliphatic heterocycles.